The van der Waals surface area contributed by atoms with Gasteiger partial charge in [0, 0.05) is 16.9 Å². The number of ether oxygens (including phenoxy) is 1. The van der Waals surface area contributed by atoms with Crippen molar-refractivity contribution in [3.05, 3.63) is 105 Å². The predicted octanol–water partition coefficient (Wildman–Crippen LogP) is 5.09. The zero-order chi connectivity index (χ0) is 30.6. The number of esters is 1. The molecule has 10 nitrogen and oxygen atoms in total. The summed E-state index contributed by atoms with van der Waals surface area (Å²) in [6.07, 6.45) is -0.688. The van der Waals surface area contributed by atoms with Crippen LogP contribution >= 0.6 is 62.1 Å². The fourth-order valence-electron chi connectivity index (χ4n) is 4.76. The summed E-state index contributed by atoms with van der Waals surface area (Å²) in [6, 6.07) is 18.1. The maximum Gasteiger partial charge on any atom is 0.356 e. The molecule has 0 aliphatic carbocycles. The molecule has 0 radical (unpaired) electrons. The lowest BCUT2D eigenvalue weighted by Gasteiger charge is -2.49. The van der Waals surface area contributed by atoms with E-state index >= 15 is 0 Å². The molecule has 2 aliphatic rings. The number of hydrogen-bond donors (Lipinski definition) is 2. The smallest absolute Gasteiger partial charge is 0.356 e. The number of halogens is 1. The lowest BCUT2D eigenvalue weighted by Crippen LogP contribution is -2.70. The van der Waals surface area contributed by atoms with Crippen LogP contribution in [0.5, 0.6) is 0 Å². The topological polar surface area (TPSA) is 140 Å². The molecule has 44 heavy (non-hydrogen) atoms. The van der Waals surface area contributed by atoms with E-state index in [1.165, 1.54) is 56.1 Å². The number of benzene rings is 2. The van der Waals surface area contributed by atoms with Crippen LogP contribution in [0.2, 0.25) is 0 Å². The van der Waals surface area contributed by atoms with Crippen LogP contribution in [0, 0.1) is 0 Å². The highest BCUT2D eigenvalue weighted by atomic mass is 79.9. The number of fused-ring (bicyclic) bond motifs is 1. The molecule has 0 spiro atoms. The Morgan fingerprint density at radius 1 is 1.14 bits per heavy atom. The average Bonchev–Trinajstić information content (AvgIpc) is 3.74. The number of rotatable bonds is 10. The standard InChI is InChI=1S/C29H23BrN6O4S4/c30-11-19(20-14-42-28(31)33-20)24(37)34-21-25(38)36-22(18(12-41-26(21)36)13-43-29-35-32-15-44-29)27(39)40-23(16-7-3-1-4-8-16)17-9-5-2-6-10-17/h1-11,14-15,21,23,26H,12-13H2,(H2,31,33)(H,34,37)/t21?,26-/m0/s1. The lowest BCUT2D eigenvalue weighted by molar-refractivity contribution is -0.154. The van der Waals surface area contributed by atoms with Gasteiger partial charge in [0.15, 0.2) is 15.6 Å². The molecule has 1 saturated heterocycles. The number of nitrogen functional groups attached to an aromatic ring is 1. The van der Waals surface area contributed by atoms with E-state index in [0.717, 1.165) is 21.0 Å². The van der Waals surface area contributed by atoms with E-state index in [-0.39, 0.29) is 11.3 Å². The number of thiazole rings is 1. The Balaban J connectivity index is 1.28. The fourth-order valence-corrected chi connectivity index (χ4v) is 8.74. The van der Waals surface area contributed by atoms with E-state index in [9.17, 15) is 14.4 Å². The number of nitrogens with two attached hydrogens (primary N) is 1. The molecule has 2 atom stereocenters. The molecule has 15 heteroatoms. The van der Waals surface area contributed by atoms with Gasteiger partial charge in [-0.15, -0.1) is 33.3 Å². The van der Waals surface area contributed by atoms with Gasteiger partial charge in [-0.1, -0.05) is 99.7 Å². The molecule has 0 bridgehead atoms. The zero-order valence-electron chi connectivity index (χ0n) is 22.7. The van der Waals surface area contributed by atoms with Crippen molar-refractivity contribution >= 4 is 90.6 Å². The largest absolute Gasteiger partial charge is 0.448 e. The number of nitrogens with zero attached hydrogens (tertiary/aromatic N) is 4. The van der Waals surface area contributed by atoms with Crippen LogP contribution in [0.1, 0.15) is 22.9 Å². The summed E-state index contributed by atoms with van der Waals surface area (Å²) in [4.78, 5) is 48.0. The van der Waals surface area contributed by atoms with Crippen LogP contribution in [0.3, 0.4) is 0 Å². The number of β-lactam (4-membered cyclic amide) rings is 1. The molecule has 2 amide bonds. The Morgan fingerprint density at radius 2 is 1.84 bits per heavy atom. The van der Waals surface area contributed by atoms with Crippen molar-refractivity contribution in [3.63, 3.8) is 0 Å². The third kappa shape index (κ3) is 6.33. The summed E-state index contributed by atoms with van der Waals surface area (Å²) >= 11 is 8.76. The first-order valence-electron chi connectivity index (χ1n) is 13.1. The number of amides is 2. The summed E-state index contributed by atoms with van der Waals surface area (Å²) in [6.45, 7) is 0. The van der Waals surface area contributed by atoms with E-state index in [1.807, 2.05) is 60.7 Å². The van der Waals surface area contributed by atoms with Crippen molar-refractivity contribution in [3.8, 4) is 0 Å². The third-order valence-corrected chi connectivity index (χ3v) is 11.2. The predicted molar refractivity (Wildman–Crippen MR) is 177 cm³/mol. The molecular weight excluding hydrogens is 705 g/mol. The van der Waals surface area contributed by atoms with Gasteiger partial charge in [0.05, 0.1) is 11.3 Å². The number of carbonyl (C=O) groups is 3. The minimum atomic E-state index is -0.842. The maximum atomic E-state index is 14.1. The molecule has 2 aliphatic heterocycles. The normalized spacial score (nSPS) is 18.2. The molecule has 4 aromatic rings. The Hall–Kier alpha value is -3.50. The second-order valence-corrected chi connectivity index (χ2v) is 14.0. The van der Waals surface area contributed by atoms with E-state index in [2.05, 4.69) is 36.4 Å². The number of anilines is 1. The van der Waals surface area contributed by atoms with Gasteiger partial charge in [0.25, 0.3) is 11.8 Å². The van der Waals surface area contributed by atoms with Gasteiger partial charge in [-0.3, -0.25) is 14.5 Å². The van der Waals surface area contributed by atoms with E-state index in [1.54, 1.807) is 10.9 Å². The summed E-state index contributed by atoms with van der Waals surface area (Å²) in [7, 11) is 0. The highest BCUT2D eigenvalue weighted by molar-refractivity contribution is 9.11. The fraction of sp³-hybridized carbons (Fsp3) is 0.172. The monoisotopic (exact) mass is 726 g/mol. The van der Waals surface area contributed by atoms with Crippen molar-refractivity contribution in [2.24, 2.45) is 0 Å². The molecule has 1 unspecified atom stereocenters. The van der Waals surface area contributed by atoms with Gasteiger partial charge in [-0.25, -0.2) is 9.78 Å². The number of carbonyl (C=O) groups excluding carboxylic acids is 3. The Kier molecular flexibility index (Phi) is 9.47. The molecule has 3 N–H and O–H groups in total. The quantitative estimate of drug-likeness (QED) is 0.0983. The van der Waals surface area contributed by atoms with Gasteiger partial charge >= 0.3 is 5.97 Å². The summed E-state index contributed by atoms with van der Waals surface area (Å²) in [5.41, 5.74) is 10.6. The van der Waals surface area contributed by atoms with Crippen molar-refractivity contribution in [1.29, 1.82) is 0 Å². The first kappa shape index (κ1) is 30.5. The lowest BCUT2D eigenvalue weighted by atomic mass is 10.0. The number of thioether (sulfide) groups is 2. The summed E-state index contributed by atoms with van der Waals surface area (Å²) < 4.78 is 6.96. The molecule has 1 fully saturated rings. The first-order valence-corrected chi connectivity index (χ1v) is 17.8. The second-order valence-electron chi connectivity index (χ2n) is 9.51. The van der Waals surface area contributed by atoms with Crippen LogP contribution in [-0.2, 0) is 19.1 Å². The number of hydrogen-bond acceptors (Lipinski definition) is 12. The minimum Gasteiger partial charge on any atom is -0.448 e. The van der Waals surface area contributed by atoms with Crippen LogP contribution in [0.15, 0.2) is 92.1 Å². The molecule has 4 heterocycles. The minimum absolute atomic E-state index is 0.196. The van der Waals surface area contributed by atoms with Gasteiger partial charge in [0.1, 0.15) is 22.6 Å². The van der Waals surface area contributed by atoms with Gasteiger partial charge in [-0.05, 0) is 21.7 Å². The molecule has 0 saturated carbocycles. The SMILES string of the molecule is Nc1nc(C(=CBr)C(=O)NC2C(=O)N3C(C(=O)OC(c4ccccc4)c4ccccc4)=C(CSc4nncs4)CS[C@@H]23)cs1. The highest BCUT2D eigenvalue weighted by Gasteiger charge is 2.54. The number of aromatic nitrogens is 3. The van der Waals surface area contributed by atoms with Crippen molar-refractivity contribution in [1.82, 2.24) is 25.4 Å². The van der Waals surface area contributed by atoms with Gasteiger partial charge < -0.3 is 15.8 Å². The maximum absolute atomic E-state index is 14.1. The molecule has 6 rings (SSSR count). The molecule has 2 aromatic heterocycles. The summed E-state index contributed by atoms with van der Waals surface area (Å²) in [5, 5.41) is 12.3. The van der Waals surface area contributed by atoms with Crippen LogP contribution < -0.4 is 11.1 Å². The molecular formula is C29H23BrN6O4S4. The third-order valence-electron chi connectivity index (χ3n) is 6.82. The van der Waals surface area contributed by atoms with E-state index < -0.39 is 35.3 Å². The molecule has 2 aromatic carbocycles. The van der Waals surface area contributed by atoms with E-state index in [4.69, 9.17) is 10.5 Å². The first-order chi connectivity index (χ1) is 21.4. The Bertz CT molecular complexity index is 1690. The van der Waals surface area contributed by atoms with Crippen LogP contribution in [0.25, 0.3) is 5.57 Å². The highest BCUT2D eigenvalue weighted by Crippen LogP contribution is 2.43. The van der Waals surface area contributed by atoms with Crippen LogP contribution in [-0.4, -0.2) is 60.8 Å². The van der Waals surface area contributed by atoms with Crippen molar-refractivity contribution < 1.29 is 19.1 Å². The van der Waals surface area contributed by atoms with Gasteiger partial charge in [0.2, 0.25) is 0 Å². The summed E-state index contributed by atoms with van der Waals surface area (Å²) in [5.74, 6) is -0.614. The van der Waals surface area contributed by atoms with Crippen molar-refractivity contribution in [2.75, 3.05) is 17.2 Å². The zero-order valence-corrected chi connectivity index (χ0v) is 27.5. The average molecular weight is 728 g/mol. The van der Waals surface area contributed by atoms with Gasteiger partial charge in [-0.2, -0.15) is 0 Å². The second kappa shape index (κ2) is 13.6. The van der Waals surface area contributed by atoms with Crippen LogP contribution in [0.4, 0.5) is 5.13 Å². The Labute approximate surface area is 277 Å². The Morgan fingerprint density at radius 3 is 2.43 bits per heavy atom. The van der Waals surface area contributed by atoms with Crippen molar-refractivity contribution in [2.45, 2.75) is 21.9 Å². The molecule has 224 valence electrons. The number of nitrogens with one attached hydrogen (secondary N) is 1. The van der Waals surface area contributed by atoms with E-state index in [0.29, 0.717) is 22.3 Å².